The smallest absolute Gasteiger partial charge is 0.193 e. The summed E-state index contributed by atoms with van der Waals surface area (Å²) in [5.74, 6) is 1.87. The van der Waals surface area contributed by atoms with Gasteiger partial charge in [0.2, 0.25) is 0 Å². The highest BCUT2D eigenvalue weighted by Crippen LogP contribution is 2.20. The van der Waals surface area contributed by atoms with Crippen LogP contribution >= 0.6 is 0 Å². The minimum Gasteiger partial charge on any atom is -0.492 e. The second-order valence-electron chi connectivity index (χ2n) is 4.91. The fraction of sp³-hybridized carbons (Fsp3) is 0.312. The van der Waals surface area contributed by atoms with Crippen molar-refractivity contribution in [3.8, 4) is 5.75 Å². The Labute approximate surface area is 119 Å². The second kappa shape index (κ2) is 5.82. The lowest BCUT2D eigenvalue weighted by atomic mass is 10.1. The molecule has 0 spiro atoms. The monoisotopic (exact) mass is 269 g/mol. The molecule has 1 aliphatic heterocycles. The van der Waals surface area contributed by atoms with Gasteiger partial charge in [-0.25, -0.2) is 0 Å². The number of likely N-dealkylation sites (N-methyl/N-ethyl adjacent to an activating group) is 1. The third-order valence-corrected chi connectivity index (χ3v) is 3.43. The van der Waals surface area contributed by atoms with Crippen molar-refractivity contribution in [3.63, 3.8) is 0 Å². The van der Waals surface area contributed by atoms with Gasteiger partial charge >= 0.3 is 0 Å². The molecule has 1 aliphatic rings. The number of nitrogens with one attached hydrogen (secondary N) is 1. The van der Waals surface area contributed by atoms with Crippen LogP contribution in [0.3, 0.4) is 0 Å². The van der Waals surface area contributed by atoms with Crippen molar-refractivity contribution in [2.75, 3.05) is 33.3 Å². The van der Waals surface area contributed by atoms with E-state index in [0.29, 0.717) is 6.61 Å². The zero-order chi connectivity index (χ0) is 13.8. The van der Waals surface area contributed by atoms with Crippen molar-refractivity contribution in [1.29, 1.82) is 0 Å². The van der Waals surface area contributed by atoms with E-state index in [1.54, 1.807) is 0 Å². The van der Waals surface area contributed by atoms with Crippen LogP contribution in [-0.2, 0) is 0 Å². The van der Waals surface area contributed by atoms with E-state index in [9.17, 15) is 0 Å². The molecule has 104 valence electrons. The lowest BCUT2D eigenvalue weighted by molar-refractivity contribution is 0.321. The molecule has 0 amide bonds. The van der Waals surface area contributed by atoms with E-state index in [4.69, 9.17) is 4.74 Å². The number of nitrogens with zero attached hydrogens (tertiary/aromatic N) is 2. The first kappa shape index (κ1) is 12.8. The van der Waals surface area contributed by atoms with Crippen molar-refractivity contribution in [2.45, 2.75) is 0 Å². The number of rotatable bonds is 4. The Kier molecular flexibility index (Phi) is 3.72. The highest BCUT2D eigenvalue weighted by atomic mass is 16.5. The molecule has 0 fully saturated rings. The quantitative estimate of drug-likeness (QED) is 0.864. The van der Waals surface area contributed by atoms with Crippen LogP contribution in [0.2, 0.25) is 0 Å². The Morgan fingerprint density at radius 1 is 1.20 bits per heavy atom. The van der Waals surface area contributed by atoms with Crippen LogP contribution in [0.15, 0.2) is 47.5 Å². The maximum Gasteiger partial charge on any atom is 0.193 e. The molecule has 0 aromatic heterocycles. The fourth-order valence-electron chi connectivity index (χ4n) is 2.31. The molecule has 1 N–H and O–H groups in total. The molecule has 0 saturated carbocycles. The van der Waals surface area contributed by atoms with E-state index in [-0.39, 0.29) is 0 Å². The van der Waals surface area contributed by atoms with Crippen molar-refractivity contribution in [3.05, 3.63) is 42.5 Å². The summed E-state index contributed by atoms with van der Waals surface area (Å²) in [6.07, 6.45) is 0. The summed E-state index contributed by atoms with van der Waals surface area (Å²) in [5, 5.41) is 5.73. The Morgan fingerprint density at radius 2 is 2.05 bits per heavy atom. The molecule has 0 unspecified atom stereocenters. The van der Waals surface area contributed by atoms with Gasteiger partial charge in [0.25, 0.3) is 0 Å². The van der Waals surface area contributed by atoms with Crippen LogP contribution in [0, 0.1) is 0 Å². The Morgan fingerprint density at radius 3 is 2.85 bits per heavy atom. The Balaban J connectivity index is 1.52. The van der Waals surface area contributed by atoms with Gasteiger partial charge in [0.05, 0.1) is 13.1 Å². The molecule has 4 heteroatoms. The number of guanidine groups is 1. The van der Waals surface area contributed by atoms with Crippen LogP contribution in [0.1, 0.15) is 0 Å². The maximum absolute atomic E-state index is 5.77. The van der Waals surface area contributed by atoms with Crippen LogP contribution in [0.4, 0.5) is 0 Å². The van der Waals surface area contributed by atoms with Crippen LogP contribution in [0.25, 0.3) is 10.8 Å². The molecule has 0 aliphatic carbocycles. The molecule has 20 heavy (non-hydrogen) atoms. The first-order valence-electron chi connectivity index (χ1n) is 6.94. The molecule has 3 rings (SSSR count). The third kappa shape index (κ3) is 2.85. The van der Waals surface area contributed by atoms with E-state index < -0.39 is 0 Å². The van der Waals surface area contributed by atoms with Gasteiger partial charge in [-0.1, -0.05) is 30.3 Å². The first-order chi connectivity index (χ1) is 9.83. The van der Waals surface area contributed by atoms with Crippen LogP contribution in [-0.4, -0.2) is 44.1 Å². The molecular weight excluding hydrogens is 250 g/mol. The van der Waals surface area contributed by atoms with Crippen LogP contribution in [0.5, 0.6) is 5.75 Å². The van der Waals surface area contributed by atoms with Gasteiger partial charge in [-0.05, 0) is 22.9 Å². The normalized spacial score (nSPS) is 14.4. The number of benzene rings is 2. The van der Waals surface area contributed by atoms with Crippen LogP contribution < -0.4 is 10.1 Å². The topological polar surface area (TPSA) is 36.9 Å². The number of hydrogen-bond donors (Lipinski definition) is 1. The van der Waals surface area contributed by atoms with Gasteiger partial charge in [0, 0.05) is 13.6 Å². The molecular formula is C16H19N3O. The van der Waals surface area contributed by atoms with Crippen molar-refractivity contribution in [2.24, 2.45) is 4.99 Å². The van der Waals surface area contributed by atoms with Gasteiger partial charge in [-0.2, -0.15) is 0 Å². The molecule has 0 saturated heterocycles. The zero-order valence-corrected chi connectivity index (χ0v) is 11.7. The van der Waals surface area contributed by atoms with Gasteiger partial charge in [-0.3, -0.25) is 4.99 Å². The van der Waals surface area contributed by atoms with E-state index >= 15 is 0 Å². The van der Waals surface area contributed by atoms with Crippen molar-refractivity contribution < 1.29 is 4.74 Å². The van der Waals surface area contributed by atoms with Crippen molar-refractivity contribution in [1.82, 2.24) is 10.2 Å². The third-order valence-electron chi connectivity index (χ3n) is 3.43. The predicted molar refractivity (Wildman–Crippen MR) is 82.4 cm³/mol. The molecule has 4 nitrogen and oxygen atoms in total. The molecule has 0 bridgehead atoms. The van der Waals surface area contributed by atoms with Gasteiger partial charge < -0.3 is 15.0 Å². The summed E-state index contributed by atoms with van der Waals surface area (Å²) >= 11 is 0. The summed E-state index contributed by atoms with van der Waals surface area (Å²) in [6.45, 7) is 3.26. The average Bonchev–Trinajstić information content (AvgIpc) is 2.89. The standard InChI is InChI=1S/C16H19N3O/c1-19-10-8-17-16(19)18-9-11-20-15-7-6-13-4-2-3-5-14(13)12-15/h2-7,12H,8-11H2,1H3,(H,17,18). The van der Waals surface area contributed by atoms with Crippen molar-refractivity contribution >= 4 is 16.7 Å². The molecule has 0 radical (unpaired) electrons. The highest BCUT2D eigenvalue weighted by Gasteiger charge is 2.10. The number of fused-ring (bicyclic) bond motifs is 1. The zero-order valence-electron chi connectivity index (χ0n) is 11.7. The largest absolute Gasteiger partial charge is 0.492 e. The van der Waals surface area contributed by atoms with Gasteiger partial charge in [-0.15, -0.1) is 0 Å². The summed E-state index contributed by atoms with van der Waals surface area (Å²) in [4.78, 5) is 6.50. The molecule has 2 aromatic carbocycles. The second-order valence-corrected chi connectivity index (χ2v) is 4.91. The first-order valence-corrected chi connectivity index (χ1v) is 6.94. The summed E-state index contributed by atoms with van der Waals surface area (Å²) < 4.78 is 5.77. The number of aliphatic imine (C=N–C) groups is 1. The summed E-state index contributed by atoms with van der Waals surface area (Å²) in [6, 6.07) is 14.5. The average molecular weight is 269 g/mol. The Hall–Kier alpha value is -2.23. The van der Waals surface area contributed by atoms with E-state index in [0.717, 1.165) is 31.3 Å². The lowest BCUT2D eigenvalue weighted by Gasteiger charge is -2.15. The van der Waals surface area contributed by atoms with Gasteiger partial charge in [0.15, 0.2) is 5.96 Å². The minimum absolute atomic E-state index is 0.630. The van der Waals surface area contributed by atoms with E-state index in [1.165, 1.54) is 10.8 Å². The Bertz CT molecular complexity index is 624. The molecule has 2 aromatic rings. The minimum atomic E-state index is 0.630. The van der Waals surface area contributed by atoms with E-state index in [1.807, 2.05) is 25.2 Å². The SMILES string of the molecule is CN1CCN=C1NCCOc1ccc2ccccc2c1. The summed E-state index contributed by atoms with van der Waals surface area (Å²) in [7, 11) is 2.04. The molecule has 0 atom stereocenters. The molecule has 1 heterocycles. The number of ether oxygens (including phenoxy) is 1. The predicted octanol–water partition coefficient (Wildman–Crippen LogP) is 2.11. The fourth-order valence-corrected chi connectivity index (χ4v) is 2.31. The summed E-state index contributed by atoms with van der Waals surface area (Å²) in [5.41, 5.74) is 0. The maximum atomic E-state index is 5.77. The van der Waals surface area contributed by atoms with Gasteiger partial charge in [0.1, 0.15) is 12.4 Å². The lowest BCUT2D eigenvalue weighted by Crippen LogP contribution is -2.37. The highest BCUT2D eigenvalue weighted by molar-refractivity contribution is 5.83. The van der Waals surface area contributed by atoms with E-state index in [2.05, 4.69) is 39.5 Å². The number of hydrogen-bond acceptors (Lipinski definition) is 4.